The van der Waals surface area contributed by atoms with E-state index in [-0.39, 0.29) is 28.6 Å². The first kappa shape index (κ1) is 24.3. The summed E-state index contributed by atoms with van der Waals surface area (Å²) in [6.07, 6.45) is 4.92. The Bertz CT molecular complexity index is 899. The number of nitrogens with two attached hydrogens (primary N) is 4. The van der Waals surface area contributed by atoms with Crippen LogP contribution in [0.3, 0.4) is 0 Å². The van der Waals surface area contributed by atoms with E-state index in [9.17, 15) is 0 Å². The number of piperidine rings is 1. The van der Waals surface area contributed by atoms with Crippen molar-refractivity contribution in [1.82, 2.24) is 10.3 Å². The number of aliphatic imine (C=N–C) groups is 1. The lowest BCUT2D eigenvalue weighted by Crippen LogP contribution is -2.63. The minimum Gasteiger partial charge on any atom is -0.496 e. The van der Waals surface area contributed by atoms with Crippen molar-refractivity contribution in [1.29, 1.82) is 0 Å². The lowest BCUT2D eigenvalue weighted by molar-refractivity contribution is 0.0845. The van der Waals surface area contributed by atoms with Crippen molar-refractivity contribution < 1.29 is 4.74 Å². The van der Waals surface area contributed by atoms with Gasteiger partial charge in [0.25, 0.3) is 0 Å². The monoisotopic (exact) mass is 427 g/mol. The molecule has 0 radical (unpaired) electrons. The predicted octanol–water partition coefficient (Wildman–Crippen LogP) is 2.54. The third kappa shape index (κ3) is 5.59. The van der Waals surface area contributed by atoms with Gasteiger partial charge >= 0.3 is 0 Å². The standard InChI is InChI=1S/C23H37N7O/c1-8-14-9-16(20(31-7)11-19(14)28-6)17(24)10-18(25)21(26)30(27)15-12-22(2,3)29-23(4,5)13-15/h8-11,15,29H,1,6,12-13,24-27H2,2-5,7H3/b17-10-,21-18-. The molecule has 1 aromatic carbocycles. The Morgan fingerprint density at radius 3 is 2.26 bits per heavy atom. The average Bonchev–Trinajstić information content (AvgIpc) is 2.68. The fourth-order valence-corrected chi connectivity index (χ4v) is 4.41. The molecule has 1 fully saturated rings. The van der Waals surface area contributed by atoms with Crippen LogP contribution in [0.5, 0.6) is 5.75 Å². The van der Waals surface area contributed by atoms with Crippen molar-refractivity contribution in [3.05, 3.63) is 47.4 Å². The first-order valence-corrected chi connectivity index (χ1v) is 10.2. The second-order valence-corrected chi connectivity index (χ2v) is 9.28. The first-order chi connectivity index (χ1) is 14.3. The molecular weight excluding hydrogens is 390 g/mol. The molecule has 0 amide bonds. The van der Waals surface area contributed by atoms with Crippen LogP contribution < -0.4 is 33.1 Å². The Morgan fingerprint density at radius 2 is 1.77 bits per heavy atom. The van der Waals surface area contributed by atoms with Crippen LogP contribution in [0.15, 0.2) is 41.3 Å². The molecule has 1 aliphatic rings. The molecule has 0 atom stereocenters. The molecule has 1 saturated heterocycles. The summed E-state index contributed by atoms with van der Waals surface area (Å²) in [6.45, 7) is 16.0. The van der Waals surface area contributed by atoms with Crippen molar-refractivity contribution in [2.75, 3.05) is 7.11 Å². The Labute approximate surface area is 185 Å². The van der Waals surface area contributed by atoms with E-state index in [0.717, 1.165) is 18.4 Å². The van der Waals surface area contributed by atoms with Crippen LogP contribution in [0, 0.1) is 0 Å². The molecule has 0 saturated carbocycles. The van der Waals surface area contributed by atoms with E-state index >= 15 is 0 Å². The summed E-state index contributed by atoms with van der Waals surface area (Å²) in [6, 6.07) is 3.60. The van der Waals surface area contributed by atoms with E-state index in [2.05, 4.69) is 51.3 Å². The highest BCUT2D eigenvalue weighted by molar-refractivity contribution is 5.78. The van der Waals surface area contributed by atoms with Crippen molar-refractivity contribution in [3.8, 4) is 5.75 Å². The van der Waals surface area contributed by atoms with Crippen molar-refractivity contribution in [2.45, 2.75) is 57.7 Å². The molecule has 2 rings (SSSR count). The third-order valence-electron chi connectivity index (χ3n) is 5.50. The summed E-state index contributed by atoms with van der Waals surface area (Å²) >= 11 is 0. The fraction of sp³-hybridized carbons (Fsp3) is 0.435. The molecule has 31 heavy (non-hydrogen) atoms. The molecule has 1 heterocycles. The van der Waals surface area contributed by atoms with Crippen LogP contribution in [0.4, 0.5) is 5.69 Å². The number of methoxy groups -OCH3 is 1. The molecule has 0 aliphatic carbocycles. The van der Waals surface area contributed by atoms with Crippen LogP contribution in [-0.2, 0) is 0 Å². The third-order valence-corrected chi connectivity index (χ3v) is 5.50. The summed E-state index contributed by atoms with van der Waals surface area (Å²) < 4.78 is 5.47. The Kier molecular flexibility index (Phi) is 7.08. The van der Waals surface area contributed by atoms with Gasteiger partial charge in [0.2, 0.25) is 0 Å². The van der Waals surface area contributed by atoms with Crippen molar-refractivity contribution >= 4 is 24.2 Å². The maximum absolute atomic E-state index is 6.40. The molecule has 0 unspecified atom stereocenters. The van der Waals surface area contributed by atoms with E-state index in [1.807, 2.05) is 6.07 Å². The quantitative estimate of drug-likeness (QED) is 0.195. The highest BCUT2D eigenvalue weighted by Crippen LogP contribution is 2.34. The van der Waals surface area contributed by atoms with E-state index in [1.54, 1.807) is 30.3 Å². The maximum atomic E-state index is 6.40. The number of hydrogen-bond acceptors (Lipinski definition) is 8. The second-order valence-electron chi connectivity index (χ2n) is 9.28. The summed E-state index contributed by atoms with van der Waals surface area (Å²) in [7, 11) is 1.56. The van der Waals surface area contributed by atoms with E-state index in [0.29, 0.717) is 22.7 Å². The topological polar surface area (TPSA) is 141 Å². The van der Waals surface area contributed by atoms with Crippen LogP contribution in [0.1, 0.15) is 51.7 Å². The summed E-state index contributed by atoms with van der Waals surface area (Å²) in [5.41, 5.74) is 21.5. The van der Waals surface area contributed by atoms with Gasteiger partial charge in [-0.1, -0.05) is 12.7 Å². The predicted molar refractivity (Wildman–Crippen MR) is 130 cm³/mol. The van der Waals surface area contributed by atoms with Gasteiger partial charge in [-0.25, -0.2) is 5.84 Å². The van der Waals surface area contributed by atoms with Crippen LogP contribution in [-0.4, -0.2) is 36.0 Å². The minimum absolute atomic E-state index is 0.0271. The SMILES string of the molecule is C=Cc1cc(/C(N)=C/C(N)=C(\N)N(N)C2CC(C)(C)NC(C)(C)C2)c(OC)cc1N=C. The van der Waals surface area contributed by atoms with E-state index < -0.39 is 0 Å². The molecule has 8 nitrogen and oxygen atoms in total. The van der Waals surface area contributed by atoms with Gasteiger partial charge in [0, 0.05) is 34.0 Å². The van der Waals surface area contributed by atoms with E-state index in [1.165, 1.54) is 0 Å². The largest absolute Gasteiger partial charge is 0.496 e. The molecule has 0 aromatic heterocycles. The van der Waals surface area contributed by atoms with Gasteiger partial charge in [0.1, 0.15) is 11.6 Å². The zero-order valence-corrected chi connectivity index (χ0v) is 19.3. The van der Waals surface area contributed by atoms with Crippen LogP contribution in [0.2, 0.25) is 0 Å². The molecule has 170 valence electrons. The highest BCUT2D eigenvalue weighted by Gasteiger charge is 2.40. The molecular formula is C23H37N7O. The molecule has 1 aliphatic heterocycles. The molecule has 9 N–H and O–H groups in total. The van der Waals surface area contributed by atoms with Crippen LogP contribution >= 0.6 is 0 Å². The van der Waals surface area contributed by atoms with Crippen molar-refractivity contribution in [3.63, 3.8) is 0 Å². The molecule has 8 heteroatoms. The molecule has 1 aromatic rings. The van der Waals surface area contributed by atoms with Crippen molar-refractivity contribution in [2.24, 2.45) is 28.0 Å². The number of nitrogens with one attached hydrogen (secondary N) is 1. The lowest BCUT2D eigenvalue weighted by atomic mass is 9.79. The lowest BCUT2D eigenvalue weighted by Gasteiger charge is -2.49. The Balaban J connectivity index is 2.40. The zero-order valence-electron chi connectivity index (χ0n) is 19.3. The average molecular weight is 428 g/mol. The fourth-order valence-electron chi connectivity index (χ4n) is 4.41. The van der Waals surface area contributed by atoms with Gasteiger partial charge in [-0.2, -0.15) is 0 Å². The number of hydrazine groups is 1. The highest BCUT2D eigenvalue weighted by atomic mass is 16.5. The molecule has 0 bridgehead atoms. The van der Waals surface area contributed by atoms with Gasteiger partial charge in [-0.3, -0.25) is 10.0 Å². The zero-order chi connectivity index (χ0) is 23.6. The smallest absolute Gasteiger partial charge is 0.137 e. The number of allylic oxidation sites excluding steroid dienone is 1. The first-order valence-electron chi connectivity index (χ1n) is 10.2. The summed E-state index contributed by atoms with van der Waals surface area (Å²) in [4.78, 5) is 3.99. The normalized spacial score (nSPS) is 19.4. The number of ether oxygens (including phenoxy) is 1. The van der Waals surface area contributed by atoms with Gasteiger partial charge in [0.15, 0.2) is 0 Å². The Morgan fingerprint density at radius 1 is 1.19 bits per heavy atom. The number of hydrogen-bond donors (Lipinski definition) is 5. The number of benzene rings is 1. The van der Waals surface area contributed by atoms with Gasteiger partial charge in [0.05, 0.1) is 24.5 Å². The van der Waals surface area contributed by atoms with Gasteiger partial charge in [-0.05, 0) is 59.4 Å². The Hall–Kier alpha value is -2.97. The number of rotatable bonds is 7. The maximum Gasteiger partial charge on any atom is 0.137 e. The van der Waals surface area contributed by atoms with Gasteiger partial charge in [-0.15, -0.1) is 0 Å². The summed E-state index contributed by atoms with van der Waals surface area (Å²) in [5.74, 6) is 7.22. The van der Waals surface area contributed by atoms with Crippen LogP contribution in [0.25, 0.3) is 11.8 Å². The second kappa shape index (κ2) is 9.03. The van der Waals surface area contributed by atoms with E-state index in [4.69, 9.17) is 27.8 Å². The minimum atomic E-state index is -0.0800. The van der Waals surface area contributed by atoms with Gasteiger partial charge < -0.3 is 27.3 Å². The molecule has 0 spiro atoms. The number of nitrogens with zero attached hydrogens (tertiary/aromatic N) is 2. The summed E-state index contributed by atoms with van der Waals surface area (Å²) in [5, 5.41) is 5.19.